The molecule has 0 radical (unpaired) electrons. The molecule has 0 aromatic carbocycles. The van der Waals surface area contributed by atoms with Crippen molar-refractivity contribution < 1.29 is 10.0 Å². The summed E-state index contributed by atoms with van der Waals surface area (Å²) in [7, 11) is -1.61. The van der Waals surface area contributed by atoms with Crippen LogP contribution in [0.25, 0.3) is 0 Å². The Labute approximate surface area is 80.1 Å². The van der Waals surface area contributed by atoms with Crippen LogP contribution in [0.1, 0.15) is 5.56 Å². The second-order valence-corrected chi connectivity index (χ2v) is 3.09. The van der Waals surface area contributed by atoms with Crippen LogP contribution in [-0.4, -0.2) is 22.2 Å². The van der Waals surface area contributed by atoms with Crippen LogP contribution < -0.4 is 5.46 Å². The summed E-state index contributed by atoms with van der Waals surface area (Å²) in [6.07, 6.45) is 0. The first-order valence-electron chi connectivity index (χ1n) is 3.21. The summed E-state index contributed by atoms with van der Waals surface area (Å²) in [5, 5.41) is 18.0. The normalized spacial score (nSPS) is 10.1. The molecule has 0 bridgehead atoms. The number of halogens is 2. The van der Waals surface area contributed by atoms with E-state index >= 15 is 0 Å². The first kappa shape index (κ1) is 9.80. The van der Waals surface area contributed by atoms with Crippen LogP contribution in [0.3, 0.4) is 0 Å². The van der Waals surface area contributed by atoms with E-state index in [4.69, 9.17) is 33.2 Å². The minimum atomic E-state index is -1.61. The molecule has 64 valence electrons. The Kier molecular flexibility index (Phi) is 2.96. The molecule has 1 aromatic heterocycles. The SMILES string of the molecule is Cc1cc(Cl)nc(Cl)c1B(O)O. The predicted octanol–water partition coefficient (Wildman–Crippen LogP) is 0.377. The van der Waals surface area contributed by atoms with Gasteiger partial charge in [-0.2, -0.15) is 0 Å². The van der Waals surface area contributed by atoms with Crippen molar-refractivity contribution in [3.8, 4) is 0 Å². The molecular weight excluding hydrogens is 200 g/mol. The Bertz CT molecular complexity index is 283. The molecule has 0 spiro atoms. The van der Waals surface area contributed by atoms with Gasteiger partial charge in [0.2, 0.25) is 0 Å². The Hall–Kier alpha value is -0.285. The lowest BCUT2D eigenvalue weighted by Crippen LogP contribution is -2.33. The van der Waals surface area contributed by atoms with Crippen LogP contribution in [0.5, 0.6) is 0 Å². The third kappa shape index (κ3) is 1.90. The summed E-state index contributed by atoms with van der Waals surface area (Å²) in [6.45, 7) is 1.67. The largest absolute Gasteiger partial charge is 0.491 e. The number of rotatable bonds is 1. The maximum absolute atomic E-state index is 8.86. The lowest BCUT2D eigenvalue weighted by Gasteiger charge is -2.05. The van der Waals surface area contributed by atoms with E-state index < -0.39 is 7.12 Å². The molecular formula is C6H6BCl2NO2. The van der Waals surface area contributed by atoms with E-state index in [2.05, 4.69) is 4.98 Å². The fourth-order valence-electron chi connectivity index (χ4n) is 0.916. The zero-order chi connectivity index (χ0) is 9.30. The zero-order valence-corrected chi connectivity index (χ0v) is 7.76. The maximum atomic E-state index is 8.86. The number of hydrogen-bond acceptors (Lipinski definition) is 3. The molecule has 1 heterocycles. The lowest BCUT2D eigenvalue weighted by atomic mass is 9.78. The van der Waals surface area contributed by atoms with Gasteiger partial charge in [-0.15, -0.1) is 0 Å². The van der Waals surface area contributed by atoms with Gasteiger partial charge in [0.05, 0.1) is 0 Å². The summed E-state index contributed by atoms with van der Waals surface area (Å²) in [5.74, 6) is 0. The number of aromatic nitrogens is 1. The van der Waals surface area contributed by atoms with Gasteiger partial charge in [-0.05, 0) is 18.6 Å². The minimum Gasteiger partial charge on any atom is -0.423 e. The molecule has 1 aromatic rings. The molecule has 0 aliphatic heterocycles. The summed E-state index contributed by atoms with van der Waals surface area (Å²) < 4.78 is 0. The minimum absolute atomic E-state index is 0.0231. The molecule has 0 saturated heterocycles. The standard InChI is InChI=1S/C6H6BCl2NO2/c1-3-2-4(8)10-6(9)5(3)7(11)12/h2,11-12H,1H3. The highest BCUT2D eigenvalue weighted by molar-refractivity contribution is 6.63. The molecule has 0 fully saturated rings. The van der Waals surface area contributed by atoms with Crippen LogP contribution in [-0.2, 0) is 0 Å². The van der Waals surface area contributed by atoms with Crippen molar-refractivity contribution in [3.63, 3.8) is 0 Å². The molecule has 3 nitrogen and oxygen atoms in total. The van der Waals surface area contributed by atoms with Crippen molar-refractivity contribution >= 4 is 35.8 Å². The molecule has 0 aliphatic rings. The van der Waals surface area contributed by atoms with Crippen molar-refractivity contribution in [3.05, 3.63) is 21.9 Å². The molecule has 2 N–H and O–H groups in total. The van der Waals surface area contributed by atoms with Gasteiger partial charge in [-0.3, -0.25) is 0 Å². The third-order valence-corrected chi connectivity index (χ3v) is 1.93. The number of hydrogen-bond donors (Lipinski definition) is 2. The summed E-state index contributed by atoms with van der Waals surface area (Å²) in [6, 6.07) is 1.52. The summed E-state index contributed by atoms with van der Waals surface area (Å²) >= 11 is 11.2. The molecule has 12 heavy (non-hydrogen) atoms. The maximum Gasteiger partial charge on any atom is 0.491 e. The van der Waals surface area contributed by atoms with E-state index in [0.29, 0.717) is 5.56 Å². The van der Waals surface area contributed by atoms with Crippen molar-refractivity contribution in [2.75, 3.05) is 0 Å². The van der Waals surface area contributed by atoms with E-state index in [1.54, 1.807) is 6.92 Å². The topological polar surface area (TPSA) is 53.4 Å². The first-order chi connectivity index (χ1) is 5.52. The quantitative estimate of drug-likeness (QED) is 0.515. The second kappa shape index (κ2) is 3.62. The van der Waals surface area contributed by atoms with Crippen molar-refractivity contribution in [1.29, 1.82) is 0 Å². The van der Waals surface area contributed by atoms with Gasteiger partial charge in [0.25, 0.3) is 0 Å². The molecule has 0 aliphatic carbocycles. The average Bonchev–Trinajstić information content (AvgIpc) is 1.82. The number of pyridine rings is 1. The number of nitrogens with zero attached hydrogens (tertiary/aromatic N) is 1. The highest BCUT2D eigenvalue weighted by Gasteiger charge is 2.19. The van der Waals surface area contributed by atoms with Crippen LogP contribution in [0.2, 0.25) is 10.3 Å². The third-order valence-electron chi connectivity index (χ3n) is 1.45. The van der Waals surface area contributed by atoms with Crippen LogP contribution >= 0.6 is 23.2 Å². The summed E-state index contributed by atoms with van der Waals surface area (Å²) in [4.78, 5) is 3.67. The number of aryl methyl sites for hydroxylation is 1. The molecule has 0 amide bonds. The Morgan fingerprint density at radius 3 is 2.42 bits per heavy atom. The fraction of sp³-hybridized carbons (Fsp3) is 0.167. The van der Waals surface area contributed by atoms with Gasteiger partial charge >= 0.3 is 7.12 Å². The first-order valence-corrected chi connectivity index (χ1v) is 3.96. The van der Waals surface area contributed by atoms with Gasteiger partial charge in [0.15, 0.2) is 0 Å². The monoisotopic (exact) mass is 205 g/mol. The highest BCUT2D eigenvalue weighted by Crippen LogP contribution is 2.11. The van der Waals surface area contributed by atoms with Crippen molar-refractivity contribution in [2.45, 2.75) is 6.92 Å². The van der Waals surface area contributed by atoms with Gasteiger partial charge in [0.1, 0.15) is 10.3 Å². The molecule has 6 heteroatoms. The zero-order valence-electron chi connectivity index (χ0n) is 6.25. The Morgan fingerprint density at radius 2 is 2.00 bits per heavy atom. The van der Waals surface area contributed by atoms with E-state index in [-0.39, 0.29) is 15.8 Å². The lowest BCUT2D eigenvalue weighted by molar-refractivity contribution is 0.425. The summed E-state index contributed by atoms with van der Waals surface area (Å²) in [5.41, 5.74) is 0.802. The van der Waals surface area contributed by atoms with Gasteiger partial charge in [0, 0.05) is 5.46 Å². The van der Waals surface area contributed by atoms with Crippen LogP contribution in [0, 0.1) is 6.92 Å². The second-order valence-electron chi connectivity index (χ2n) is 2.34. The Morgan fingerprint density at radius 1 is 1.42 bits per heavy atom. The average molecular weight is 206 g/mol. The Balaban J connectivity index is 3.28. The van der Waals surface area contributed by atoms with Gasteiger partial charge in [-0.25, -0.2) is 4.98 Å². The molecule has 0 saturated carbocycles. The van der Waals surface area contributed by atoms with Crippen LogP contribution in [0.4, 0.5) is 0 Å². The smallest absolute Gasteiger partial charge is 0.423 e. The van der Waals surface area contributed by atoms with E-state index in [0.717, 1.165) is 0 Å². The van der Waals surface area contributed by atoms with Crippen molar-refractivity contribution in [2.24, 2.45) is 0 Å². The van der Waals surface area contributed by atoms with E-state index in [1.165, 1.54) is 6.07 Å². The van der Waals surface area contributed by atoms with Crippen molar-refractivity contribution in [1.82, 2.24) is 4.98 Å². The van der Waals surface area contributed by atoms with Gasteiger partial charge in [-0.1, -0.05) is 23.2 Å². The van der Waals surface area contributed by atoms with E-state index in [9.17, 15) is 0 Å². The van der Waals surface area contributed by atoms with Crippen LogP contribution in [0.15, 0.2) is 6.07 Å². The van der Waals surface area contributed by atoms with Gasteiger partial charge < -0.3 is 10.0 Å². The van der Waals surface area contributed by atoms with E-state index in [1.807, 2.05) is 0 Å². The highest BCUT2D eigenvalue weighted by atomic mass is 35.5. The predicted molar refractivity (Wildman–Crippen MR) is 48.8 cm³/mol. The molecule has 0 unspecified atom stereocenters. The molecule has 0 atom stereocenters. The molecule has 1 rings (SSSR count). The fourth-order valence-corrected chi connectivity index (χ4v) is 1.54.